The highest BCUT2D eigenvalue weighted by Crippen LogP contribution is 2.31. The van der Waals surface area contributed by atoms with E-state index in [0.29, 0.717) is 16.2 Å². The van der Waals surface area contributed by atoms with Gasteiger partial charge in [0.2, 0.25) is 0 Å². The van der Waals surface area contributed by atoms with Crippen LogP contribution < -0.4 is 5.63 Å². The number of benzene rings is 2. The van der Waals surface area contributed by atoms with Gasteiger partial charge in [-0.3, -0.25) is 0 Å². The number of aryl methyl sites for hydroxylation is 1. The van der Waals surface area contributed by atoms with Gasteiger partial charge in [-0.2, -0.15) is 0 Å². The minimum Gasteiger partial charge on any atom is -0.422 e. The number of halogens is 1. The highest BCUT2D eigenvalue weighted by molar-refractivity contribution is 7.80. The monoisotopic (exact) mass is 302 g/mol. The van der Waals surface area contributed by atoms with Crippen molar-refractivity contribution < 1.29 is 4.42 Å². The van der Waals surface area contributed by atoms with Crippen LogP contribution in [-0.2, 0) is 0 Å². The van der Waals surface area contributed by atoms with E-state index in [0.717, 1.165) is 21.4 Å². The molecular weight excluding hydrogens is 292 g/mol. The summed E-state index contributed by atoms with van der Waals surface area (Å²) in [6.07, 6.45) is 0. The second-order valence-electron chi connectivity index (χ2n) is 4.55. The highest BCUT2D eigenvalue weighted by Gasteiger charge is 2.13. The highest BCUT2D eigenvalue weighted by atomic mass is 35.5. The smallest absolute Gasteiger partial charge is 0.344 e. The maximum absolute atomic E-state index is 12.1. The van der Waals surface area contributed by atoms with Crippen molar-refractivity contribution in [1.29, 1.82) is 0 Å². The lowest BCUT2D eigenvalue weighted by Gasteiger charge is -2.09. The Morgan fingerprint density at radius 1 is 1.10 bits per heavy atom. The Morgan fingerprint density at radius 2 is 1.80 bits per heavy atom. The van der Waals surface area contributed by atoms with Crippen LogP contribution in [0.15, 0.2) is 56.6 Å². The van der Waals surface area contributed by atoms with Crippen molar-refractivity contribution in [3.05, 3.63) is 63.5 Å². The van der Waals surface area contributed by atoms with E-state index in [1.54, 1.807) is 24.3 Å². The first-order valence-corrected chi connectivity index (χ1v) is 6.92. The van der Waals surface area contributed by atoms with Gasteiger partial charge in [0.25, 0.3) is 0 Å². The lowest BCUT2D eigenvalue weighted by atomic mass is 10.0. The average Bonchev–Trinajstić information content (AvgIpc) is 2.44. The zero-order chi connectivity index (χ0) is 14.3. The van der Waals surface area contributed by atoms with E-state index in [2.05, 4.69) is 12.6 Å². The number of fused-ring (bicyclic) bond motifs is 1. The lowest BCUT2D eigenvalue weighted by Crippen LogP contribution is -2.03. The molecule has 3 aromatic rings. The summed E-state index contributed by atoms with van der Waals surface area (Å²) in [7, 11) is 0. The van der Waals surface area contributed by atoms with Crippen LogP contribution in [0.1, 0.15) is 5.56 Å². The summed E-state index contributed by atoms with van der Waals surface area (Å²) >= 11 is 10.3. The Kier molecular flexibility index (Phi) is 3.32. The van der Waals surface area contributed by atoms with Crippen molar-refractivity contribution in [3.63, 3.8) is 0 Å². The molecule has 0 spiro atoms. The maximum atomic E-state index is 12.1. The van der Waals surface area contributed by atoms with E-state index < -0.39 is 0 Å². The van der Waals surface area contributed by atoms with Crippen molar-refractivity contribution in [3.8, 4) is 11.3 Å². The molecule has 0 unspecified atom stereocenters. The van der Waals surface area contributed by atoms with Crippen LogP contribution in [0.2, 0.25) is 5.02 Å². The summed E-state index contributed by atoms with van der Waals surface area (Å²) < 4.78 is 5.47. The summed E-state index contributed by atoms with van der Waals surface area (Å²) in [5, 5.41) is 2.02. The molecular formula is C16H11ClO2S. The molecule has 100 valence electrons. The zero-order valence-corrected chi connectivity index (χ0v) is 12.3. The summed E-state index contributed by atoms with van der Waals surface area (Å²) in [6, 6.07) is 12.6. The molecule has 0 saturated carbocycles. The van der Waals surface area contributed by atoms with Crippen molar-refractivity contribution >= 4 is 35.0 Å². The second kappa shape index (κ2) is 5.00. The third kappa shape index (κ3) is 2.13. The zero-order valence-electron chi connectivity index (χ0n) is 10.7. The Bertz CT molecular complexity index is 851. The van der Waals surface area contributed by atoms with Gasteiger partial charge in [-0.25, -0.2) is 4.79 Å². The minimum absolute atomic E-state index is 0.355. The molecule has 0 saturated heterocycles. The molecule has 20 heavy (non-hydrogen) atoms. The largest absolute Gasteiger partial charge is 0.422 e. The molecule has 0 aliphatic carbocycles. The fourth-order valence-corrected chi connectivity index (χ4v) is 2.82. The molecule has 3 rings (SSSR count). The molecule has 0 aliphatic rings. The molecule has 0 atom stereocenters. The van der Waals surface area contributed by atoms with Crippen LogP contribution >= 0.6 is 24.2 Å². The van der Waals surface area contributed by atoms with Crippen LogP contribution in [0.5, 0.6) is 0 Å². The summed E-state index contributed by atoms with van der Waals surface area (Å²) in [5.41, 5.74) is 1.36. The predicted octanol–water partition coefficient (Wildman–Crippen LogP) is 4.71. The Labute approximate surface area is 126 Å². The summed E-state index contributed by atoms with van der Waals surface area (Å²) in [4.78, 5) is 12.9. The van der Waals surface area contributed by atoms with Crippen LogP contribution in [0.4, 0.5) is 0 Å². The second-order valence-corrected chi connectivity index (χ2v) is 5.47. The minimum atomic E-state index is -0.355. The van der Waals surface area contributed by atoms with E-state index in [1.165, 1.54) is 0 Å². The van der Waals surface area contributed by atoms with Gasteiger partial charge in [-0.1, -0.05) is 17.7 Å². The van der Waals surface area contributed by atoms with Gasteiger partial charge in [0.1, 0.15) is 5.76 Å². The van der Waals surface area contributed by atoms with Crippen molar-refractivity contribution in [2.24, 2.45) is 0 Å². The van der Waals surface area contributed by atoms with E-state index >= 15 is 0 Å². The van der Waals surface area contributed by atoms with Gasteiger partial charge >= 0.3 is 5.63 Å². The van der Waals surface area contributed by atoms with Gasteiger partial charge in [0.15, 0.2) is 0 Å². The molecule has 2 aromatic carbocycles. The molecule has 0 bridgehead atoms. The summed E-state index contributed by atoms with van der Waals surface area (Å²) in [5.74, 6) is 0.556. The quantitative estimate of drug-likeness (QED) is 0.660. The predicted molar refractivity (Wildman–Crippen MR) is 84.9 cm³/mol. The standard InChI is InChI=1S/C16H11ClO2S/c1-9-14-12(3-2-4-13(14)20)16(18)19-15(9)10-5-7-11(17)8-6-10/h2-8,20H,1H3. The first-order chi connectivity index (χ1) is 9.58. The van der Waals surface area contributed by atoms with Crippen LogP contribution in [0, 0.1) is 6.92 Å². The van der Waals surface area contributed by atoms with E-state index in [4.69, 9.17) is 16.0 Å². The van der Waals surface area contributed by atoms with E-state index in [1.807, 2.05) is 25.1 Å². The molecule has 1 heterocycles. The van der Waals surface area contributed by atoms with Crippen LogP contribution in [0.25, 0.3) is 22.1 Å². The van der Waals surface area contributed by atoms with Crippen molar-refractivity contribution in [1.82, 2.24) is 0 Å². The van der Waals surface area contributed by atoms with Crippen molar-refractivity contribution in [2.45, 2.75) is 11.8 Å². The molecule has 0 amide bonds. The molecule has 1 aromatic heterocycles. The fourth-order valence-electron chi connectivity index (χ4n) is 2.32. The van der Waals surface area contributed by atoms with Gasteiger partial charge in [-0.05, 0) is 43.3 Å². The SMILES string of the molecule is Cc1c(-c2ccc(Cl)cc2)oc(=O)c2cccc(S)c12. The van der Waals surface area contributed by atoms with E-state index in [9.17, 15) is 4.79 Å². The van der Waals surface area contributed by atoms with Crippen LogP contribution in [0.3, 0.4) is 0 Å². The van der Waals surface area contributed by atoms with Gasteiger partial charge in [0, 0.05) is 26.4 Å². The molecule has 2 nitrogen and oxygen atoms in total. The normalized spacial score (nSPS) is 10.9. The molecule has 0 fully saturated rings. The molecule has 4 heteroatoms. The lowest BCUT2D eigenvalue weighted by molar-refractivity contribution is 0.531. The van der Waals surface area contributed by atoms with Gasteiger partial charge in [-0.15, -0.1) is 12.6 Å². The van der Waals surface area contributed by atoms with Gasteiger partial charge in [0.05, 0.1) is 5.39 Å². The van der Waals surface area contributed by atoms with E-state index in [-0.39, 0.29) is 5.63 Å². The molecule has 0 aliphatic heterocycles. The maximum Gasteiger partial charge on any atom is 0.344 e. The topological polar surface area (TPSA) is 30.2 Å². The average molecular weight is 303 g/mol. The number of hydrogen-bond donors (Lipinski definition) is 1. The van der Waals surface area contributed by atoms with Crippen molar-refractivity contribution in [2.75, 3.05) is 0 Å². The van der Waals surface area contributed by atoms with Crippen LogP contribution in [-0.4, -0.2) is 0 Å². The van der Waals surface area contributed by atoms with Gasteiger partial charge < -0.3 is 4.42 Å². The third-order valence-electron chi connectivity index (χ3n) is 3.28. The molecule has 0 N–H and O–H groups in total. The summed E-state index contributed by atoms with van der Waals surface area (Å²) in [6.45, 7) is 1.93. The third-order valence-corrected chi connectivity index (χ3v) is 3.90. The fraction of sp³-hybridized carbons (Fsp3) is 0.0625. The molecule has 0 radical (unpaired) electrons. The Morgan fingerprint density at radius 3 is 2.50 bits per heavy atom. The Balaban J connectivity index is 2.38. The Hall–Kier alpha value is -1.71. The first-order valence-electron chi connectivity index (χ1n) is 6.09. The number of hydrogen-bond acceptors (Lipinski definition) is 3. The number of thiol groups is 1. The first kappa shape index (κ1) is 13.3. The number of rotatable bonds is 1.